The largest absolute Gasteiger partial charge is 0.361 e. The number of hydrogen-bond donors (Lipinski definition) is 0. The van der Waals surface area contributed by atoms with Crippen LogP contribution in [0.4, 0.5) is 0 Å². The molecular weight excluding hydrogens is 204 g/mol. The number of Topliss-reactive ketones (excluding diaryl/α,β-unsaturated/α-hetero) is 1. The Bertz CT molecular complexity index is 373. The maximum Gasteiger partial charge on any atom is 0.134 e. The van der Waals surface area contributed by atoms with E-state index in [0.29, 0.717) is 5.78 Å². The van der Waals surface area contributed by atoms with Crippen LogP contribution in [0.5, 0.6) is 0 Å². The van der Waals surface area contributed by atoms with Crippen LogP contribution >= 0.6 is 0 Å². The van der Waals surface area contributed by atoms with Crippen LogP contribution in [0, 0.1) is 12.8 Å². The fourth-order valence-corrected chi connectivity index (χ4v) is 2.25. The van der Waals surface area contributed by atoms with Crippen LogP contribution in [-0.2, 0) is 11.3 Å². The van der Waals surface area contributed by atoms with Crippen molar-refractivity contribution in [2.24, 2.45) is 5.92 Å². The summed E-state index contributed by atoms with van der Waals surface area (Å²) in [5.74, 6) is 1.36. The predicted octanol–water partition coefficient (Wildman–Crippen LogP) is 1.78. The third-order valence-electron chi connectivity index (χ3n) is 3.14. The van der Waals surface area contributed by atoms with Crippen molar-refractivity contribution in [1.29, 1.82) is 0 Å². The normalized spacial score (nSPS) is 22.2. The minimum Gasteiger partial charge on any atom is -0.361 e. The minimum absolute atomic E-state index is 0.210. The molecule has 0 spiro atoms. The number of rotatable bonds is 3. The highest BCUT2D eigenvalue weighted by Crippen LogP contribution is 2.19. The Kier molecular flexibility index (Phi) is 3.39. The van der Waals surface area contributed by atoms with Gasteiger partial charge in [-0.25, -0.2) is 0 Å². The molecule has 4 heteroatoms. The van der Waals surface area contributed by atoms with Crippen molar-refractivity contribution in [3.63, 3.8) is 0 Å². The first-order valence-electron chi connectivity index (χ1n) is 5.80. The third-order valence-corrected chi connectivity index (χ3v) is 3.14. The number of aryl methyl sites for hydroxylation is 1. The van der Waals surface area contributed by atoms with Crippen molar-refractivity contribution in [1.82, 2.24) is 10.1 Å². The van der Waals surface area contributed by atoms with E-state index < -0.39 is 0 Å². The van der Waals surface area contributed by atoms with Crippen LogP contribution in [0.2, 0.25) is 0 Å². The number of hydrogen-bond acceptors (Lipinski definition) is 4. The summed E-state index contributed by atoms with van der Waals surface area (Å²) in [5, 5.41) is 3.98. The fraction of sp³-hybridized carbons (Fsp3) is 0.667. The first-order chi connectivity index (χ1) is 7.65. The number of piperidine rings is 1. The van der Waals surface area contributed by atoms with Gasteiger partial charge in [0, 0.05) is 25.1 Å². The highest BCUT2D eigenvalue weighted by atomic mass is 16.5. The predicted molar refractivity (Wildman–Crippen MR) is 59.9 cm³/mol. The van der Waals surface area contributed by atoms with Gasteiger partial charge in [-0.2, -0.15) is 0 Å². The van der Waals surface area contributed by atoms with Crippen LogP contribution in [0.3, 0.4) is 0 Å². The van der Waals surface area contributed by atoms with Gasteiger partial charge >= 0.3 is 0 Å². The fourth-order valence-electron chi connectivity index (χ4n) is 2.25. The number of carbonyl (C=O) groups excluding carboxylic acids is 1. The highest BCUT2D eigenvalue weighted by molar-refractivity contribution is 5.78. The Morgan fingerprint density at radius 2 is 2.50 bits per heavy atom. The van der Waals surface area contributed by atoms with E-state index in [1.165, 1.54) is 0 Å². The molecule has 88 valence electrons. The van der Waals surface area contributed by atoms with Gasteiger partial charge in [0.25, 0.3) is 0 Å². The van der Waals surface area contributed by atoms with E-state index in [-0.39, 0.29) is 5.92 Å². The molecule has 1 aromatic rings. The Morgan fingerprint density at radius 3 is 3.12 bits per heavy atom. The molecule has 2 rings (SSSR count). The van der Waals surface area contributed by atoms with Gasteiger partial charge in [0.05, 0.1) is 5.69 Å². The molecule has 1 fully saturated rings. The number of nitrogens with zero attached hydrogens (tertiary/aromatic N) is 2. The van der Waals surface area contributed by atoms with Gasteiger partial charge in [-0.15, -0.1) is 0 Å². The van der Waals surface area contributed by atoms with E-state index >= 15 is 0 Å². The number of ketones is 1. The summed E-state index contributed by atoms with van der Waals surface area (Å²) in [6, 6.07) is 1.96. The van der Waals surface area contributed by atoms with E-state index in [0.717, 1.165) is 43.9 Å². The van der Waals surface area contributed by atoms with Gasteiger partial charge in [-0.1, -0.05) is 5.16 Å². The Morgan fingerprint density at radius 1 is 1.69 bits per heavy atom. The first-order valence-corrected chi connectivity index (χ1v) is 5.80. The number of carbonyl (C=O) groups is 1. The molecule has 0 aromatic carbocycles. The smallest absolute Gasteiger partial charge is 0.134 e. The SMILES string of the molecule is CC(=O)C1CCCN(Cc2cc(C)on2)C1. The molecule has 0 bridgehead atoms. The first kappa shape index (κ1) is 11.3. The lowest BCUT2D eigenvalue weighted by molar-refractivity contribution is -0.122. The lowest BCUT2D eigenvalue weighted by Gasteiger charge is -2.30. The zero-order valence-electron chi connectivity index (χ0n) is 9.90. The second-order valence-corrected chi connectivity index (χ2v) is 4.61. The zero-order chi connectivity index (χ0) is 11.5. The third kappa shape index (κ3) is 2.70. The van der Waals surface area contributed by atoms with Crippen LogP contribution in [0.1, 0.15) is 31.2 Å². The van der Waals surface area contributed by atoms with E-state index in [2.05, 4.69) is 10.1 Å². The summed E-state index contributed by atoms with van der Waals surface area (Å²) in [4.78, 5) is 13.6. The molecule has 0 saturated carbocycles. The van der Waals surface area contributed by atoms with Crippen molar-refractivity contribution < 1.29 is 9.32 Å². The lowest BCUT2D eigenvalue weighted by atomic mass is 9.94. The zero-order valence-corrected chi connectivity index (χ0v) is 9.90. The van der Waals surface area contributed by atoms with Crippen LogP contribution in [0.25, 0.3) is 0 Å². The molecule has 2 heterocycles. The maximum atomic E-state index is 11.3. The lowest BCUT2D eigenvalue weighted by Crippen LogP contribution is -2.37. The molecule has 0 aliphatic carbocycles. The Labute approximate surface area is 95.6 Å². The Hall–Kier alpha value is -1.16. The van der Waals surface area contributed by atoms with E-state index in [1.54, 1.807) is 6.92 Å². The molecule has 1 aliphatic rings. The molecular formula is C12H18N2O2. The quantitative estimate of drug-likeness (QED) is 0.782. The van der Waals surface area contributed by atoms with Crippen molar-refractivity contribution in [2.75, 3.05) is 13.1 Å². The number of likely N-dealkylation sites (tertiary alicyclic amines) is 1. The summed E-state index contributed by atoms with van der Waals surface area (Å²) in [5.41, 5.74) is 0.960. The standard InChI is InChI=1S/C12H18N2O2/c1-9-6-12(13-16-9)8-14-5-3-4-11(7-14)10(2)15/h6,11H,3-5,7-8H2,1-2H3. The topological polar surface area (TPSA) is 46.3 Å². The molecule has 1 aliphatic heterocycles. The second-order valence-electron chi connectivity index (χ2n) is 4.61. The van der Waals surface area contributed by atoms with Crippen molar-refractivity contribution in [3.8, 4) is 0 Å². The van der Waals surface area contributed by atoms with Crippen LogP contribution in [0.15, 0.2) is 10.6 Å². The van der Waals surface area contributed by atoms with Crippen LogP contribution in [-0.4, -0.2) is 28.9 Å². The molecule has 1 unspecified atom stereocenters. The van der Waals surface area contributed by atoms with E-state index in [9.17, 15) is 4.79 Å². The minimum atomic E-state index is 0.210. The van der Waals surface area contributed by atoms with Gasteiger partial charge in [0.2, 0.25) is 0 Å². The monoisotopic (exact) mass is 222 g/mol. The van der Waals surface area contributed by atoms with Crippen molar-refractivity contribution in [3.05, 3.63) is 17.5 Å². The average Bonchev–Trinajstić information content (AvgIpc) is 2.64. The van der Waals surface area contributed by atoms with Gasteiger partial charge in [0.1, 0.15) is 11.5 Å². The van der Waals surface area contributed by atoms with Crippen molar-refractivity contribution >= 4 is 5.78 Å². The van der Waals surface area contributed by atoms with Gasteiger partial charge in [-0.05, 0) is 33.2 Å². The molecule has 0 amide bonds. The van der Waals surface area contributed by atoms with Crippen LogP contribution < -0.4 is 0 Å². The molecule has 1 saturated heterocycles. The number of aromatic nitrogens is 1. The van der Waals surface area contributed by atoms with Gasteiger partial charge in [0.15, 0.2) is 0 Å². The molecule has 16 heavy (non-hydrogen) atoms. The van der Waals surface area contributed by atoms with Crippen molar-refractivity contribution in [2.45, 2.75) is 33.2 Å². The summed E-state index contributed by atoms with van der Waals surface area (Å²) >= 11 is 0. The summed E-state index contributed by atoms with van der Waals surface area (Å²) in [6.45, 7) is 6.29. The second kappa shape index (κ2) is 4.78. The maximum absolute atomic E-state index is 11.3. The van der Waals surface area contributed by atoms with Gasteiger partial charge in [-0.3, -0.25) is 9.69 Å². The van der Waals surface area contributed by atoms with E-state index in [1.807, 2.05) is 13.0 Å². The highest BCUT2D eigenvalue weighted by Gasteiger charge is 2.23. The molecule has 4 nitrogen and oxygen atoms in total. The molecule has 0 radical (unpaired) electrons. The summed E-state index contributed by atoms with van der Waals surface area (Å²) < 4.78 is 5.04. The molecule has 1 atom stereocenters. The van der Waals surface area contributed by atoms with E-state index in [4.69, 9.17) is 4.52 Å². The van der Waals surface area contributed by atoms with Gasteiger partial charge < -0.3 is 4.52 Å². The average molecular weight is 222 g/mol. The summed E-state index contributed by atoms with van der Waals surface area (Å²) in [6.07, 6.45) is 2.13. The summed E-state index contributed by atoms with van der Waals surface area (Å²) in [7, 11) is 0. The molecule has 0 N–H and O–H groups in total. The Balaban J connectivity index is 1.92. The molecule has 1 aromatic heterocycles.